The molecule has 7 heteroatoms. The molecule has 1 aromatic carbocycles. The first-order valence-corrected chi connectivity index (χ1v) is 8.30. The molecule has 1 saturated carbocycles. The number of benzene rings is 1. The van der Waals surface area contributed by atoms with Gasteiger partial charge in [-0.25, -0.2) is 0 Å². The van der Waals surface area contributed by atoms with E-state index in [1.54, 1.807) is 18.2 Å². The standard InChI is InChI=1S/C17H24ClN3O2.ClH/c1-17(20)8-3-2-7-13(17)16(23)21-14(10-15(19)22)11-5-4-6-12(18)9-11;/h4-6,9,13-14H,2-3,7-8,10,20H2,1H3,(H2,19,22)(H,21,23);1H/t13?,14-,17?;/m1./s1. The Morgan fingerprint density at radius 2 is 2.12 bits per heavy atom. The second-order valence-electron chi connectivity index (χ2n) is 6.59. The molecule has 0 heterocycles. The number of carbonyl (C=O) groups is 2. The van der Waals surface area contributed by atoms with Gasteiger partial charge in [0.05, 0.1) is 18.4 Å². The van der Waals surface area contributed by atoms with Crippen molar-refractivity contribution in [2.24, 2.45) is 17.4 Å². The lowest BCUT2D eigenvalue weighted by Crippen LogP contribution is -2.53. The van der Waals surface area contributed by atoms with E-state index in [1.165, 1.54) is 0 Å². The molecular weight excluding hydrogens is 349 g/mol. The quantitative estimate of drug-likeness (QED) is 0.739. The number of amides is 2. The molecule has 5 nitrogen and oxygen atoms in total. The zero-order valence-electron chi connectivity index (χ0n) is 13.8. The predicted molar refractivity (Wildman–Crippen MR) is 97.9 cm³/mol. The number of hydrogen-bond donors (Lipinski definition) is 3. The first-order chi connectivity index (χ1) is 10.8. The van der Waals surface area contributed by atoms with Gasteiger partial charge in [0.2, 0.25) is 11.8 Å². The third kappa shape index (κ3) is 5.36. The van der Waals surface area contributed by atoms with Gasteiger partial charge in [0.25, 0.3) is 0 Å². The highest BCUT2D eigenvalue weighted by atomic mass is 35.5. The van der Waals surface area contributed by atoms with Crippen LogP contribution in [-0.2, 0) is 9.59 Å². The Balaban J connectivity index is 0.00000288. The number of nitrogens with one attached hydrogen (secondary N) is 1. The molecule has 1 aromatic rings. The van der Waals surface area contributed by atoms with E-state index >= 15 is 0 Å². The summed E-state index contributed by atoms with van der Waals surface area (Å²) in [5.41, 5.74) is 11.9. The van der Waals surface area contributed by atoms with Crippen LogP contribution in [0, 0.1) is 5.92 Å². The fourth-order valence-electron chi connectivity index (χ4n) is 3.24. The number of carbonyl (C=O) groups excluding carboxylic acids is 2. The average Bonchev–Trinajstić information content (AvgIpc) is 2.45. The van der Waals surface area contributed by atoms with Gasteiger partial charge < -0.3 is 16.8 Å². The Bertz CT molecular complexity index is 593. The van der Waals surface area contributed by atoms with Gasteiger partial charge in [-0.3, -0.25) is 9.59 Å². The van der Waals surface area contributed by atoms with Crippen LogP contribution >= 0.6 is 24.0 Å². The largest absolute Gasteiger partial charge is 0.370 e. The van der Waals surface area contributed by atoms with E-state index in [9.17, 15) is 9.59 Å². The van der Waals surface area contributed by atoms with Crippen molar-refractivity contribution in [1.82, 2.24) is 5.32 Å². The van der Waals surface area contributed by atoms with Crippen LogP contribution in [0.4, 0.5) is 0 Å². The average molecular weight is 374 g/mol. The van der Waals surface area contributed by atoms with Crippen LogP contribution in [0.25, 0.3) is 0 Å². The number of rotatable bonds is 5. The molecule has 0 spiro atoms. The van der Waals surface area contributed by atoms with Crippen LogP contribution in [-0.4, -0.2) is 17.4 Å². The highest BCUT2D eigenvalue weighted by Crippen LogP contribution is 2.32. The van der Waals surface area contributed by atoms with Crippen LogP contribution in [0.2, 0.25) is 5.02 Å². The number of hydrogen-bond acceptors (Lipinski definition) is 3. The zero-order chi connectivity index (χ0) is 17.0. The predicted octanol–water partition coefficient (Wildman–Crippen LogP) is 2.70. The fourth-order valence-corrected chi connectivity index (χ4v) is 3.44. The van der Waals surface area contributed by atoms with E-state index in [0.717, 1.165) is 31.2 Å². The molecule has 2 rings (SSSR count). The minimum absolute atomic E-state index is 0. The van der Waals surface area contributed by atoms with Crippen LogP contribution in [0.1, 0.15) is 50.6 Å². The first-order valence-electron chi connectivity index (χ1n) is 7.92. The topological polar surface area (TPSA) is 98.2 Å². The van der Waals surface area contributed by atoms with Gasteiger partial charge in [-0.2, -0.15) is 0 Å². The number of halogens is 2. The van der Waals surface area contributed by atoms with Gasteiger partial charge in [-0.1, -0.05) is 36.6 Å². The number of nitrogens with two attached hydrogens (primary N) is 2. The smallest absolute Gasteiger partial charge is 0.225 e. The summed E-state index contributed by atoms with van der Waals surface area (Å²) in [6, 6.07) is 6.59. The summed E-state index contributed by atoms with van der Waals surface area (Å²) >= 11 is 6.01. The summed E-state index contributed by atoms with van der Waals surface area (Å²) in [5.74, 6) is -0.860. The molecule has 1 fully saturated rings. The maximum Gasteiger partial charge on any atom is 0.225 e. The molecule has 2 amide bonds. The van der Waals surface area contributed by atoms with Crippen LogP contribution in [0.5, 0.6) is 0 Å². The highest BCUT2D eigenvalue weighted by molar-refractivity contribution is 6.30. The minimum Gasteiger partial charge on any atom is -0.370 e. The van der Waals surface area contributed by atoms with Crippen LogP contribution in [0.3, 0.4) is 0 Å². The van der Waals surface area contributed by atoms with Gasteiger partial charge in [-0.15, -0.1) is 12.4 Å². The molecule has 0 radical (unpaired) electrons. The van der Waals surface area contributed by atoms with Crippen molar-refractivity contribution >= 4 is 35.8 Å². The Morgan fingerprint density at radius 1 is 1.42 bits per heavy atom. The summed E-state index contributed by atoms with van der Waals surface area (Å²) in [7, 11) is 0. The fraction of sp³-hybridized carbons (Fsp3) is 0.529. The van der Waals surface area contributed by atoms with Crippen molar-refractivity contribution in [3.63, 3.8) is 0 Å². The maximum absolute atomic E-state index is 12.7. The van der Waals surface area contributed by atoms with E-state index in [1.807, 2.05) is 13.0 Å². The molecule has 1 aliphatic carbocycles. The van der Waals surface area contributed by atoms with E-state index in [-0.39, 0.29) is 30.7 Å². The molecule has 24 heavy (non-hydrogen) atoms. The van der Waals surface area contributed by atoms with Crippen molar-refractivity contribution in [2.75, 3.05) is 0 Å². The van der Waals surface area contributed by atoms with Gasteiger partial charge in [0.1, 0.15) is 0 Å². The first kappa shape index (κ1) is 20.7. The Morgan fingerprint density at radius 3 is 2.71 bits per heavy atom. The molecular formula is C17H25Cl2N3O2. The lowest BCUT2D eigenvalue weighted by Gasteiger charge is -2.38. The highest BCUT2D eigenvalue weighted by Gasteiger charge is 2.38. The lowest BCUT2D eigenvalue weighted by atomic mass is 9.74. The lowest BCUT2D eigenvalue weighted by molar-refractivity contribution is -0.129. The third-order valence-corrected chi connectivity index (χ3v) is 4.78. The summed E-state index contributed by atoms with van der Waals surface area (Å²) in [5, 5.41) is 3.49. The summed E-state index contributed by atoms with van der Waals surface area (Å²) in [4.78, 5) is 24.1. The molecule has 134 valence electrons. The van der Waals surface area contributed by atoms with Gasteiger partial charge in [0.15, 0.2) is 0 Å². The Labute approximate surface area is 153 Å². The maximum atomic E-state index is 12.7. The summed E-state index contributed by atoms with van der Waals surface area (Å²) in [6.07, 6.45) is 3.64. The molecule has 5 N–H and O–H groups in total. The molecule has 0 aromatic heterocycles. The van der Waals surface area contributed by atoms with Crippen molar-refractivity contribution in [3.8, 4) is 0 Å². The molecule has 1 aliphatic rings. The Hall–Kier alpha value is -1.30. The summed E-state index contributed by atoms with van der Waals surface area (Å²) < 4.78 is 0. The SMILES string of the molecule is CC1(N)CCCCC1C(=O)N[C@H](CC(N)=O)c1cccc(Cl)c1.Cl. The van der Waals surface area contributed by atoms with Gasteiger partial charge in [0, 0.05) is 10.6 Å². The third-order valence-electron chi connectivity index (χ3n) is 4.54. The van der Waals surface area contributed by atoms with E-state index in [4.69, 9.17) is 23.1 Å². The second kappa shape index (κ2) is 8.70. The summed E-state index contributed by atoms with van der Waals surface area (Å²) in [6.45, 7) is 1.92. The molecule has 2 unspecified atom stereocenters. The van der Waals surface area contributed by atoms with Crippen molar-refractivity contribution in [3.05, 3.63) is 34.9 Å². The monoisotopic (exact) mass is 373 g/mol. The molecule has 0 bridgehead atoms. The van der Waals surface area contributed by atoms with Gasteiger partial charge in [-0.05, 0) is 37.5 Å². The number of primary amides is 1. The zero-order valence-corrected chi connectivity index (χ0v) is 15.3. The normalized spacial score (nSPS) is 24.5. The van der Waals surface area contributed by atoms with Crippen LogP contribution < -0.4 is 16.8 Å². The van der Waals surface area contributed by atoms with Crippen molar-refractivity contribution < 1.29 is 9.59 Å². The van der Waals surface area contributed by atoms with E-state index in [0.29, 0.717) is 5.02 Å². The van der Waals surface area contributed by atoms with E-state index < -0.39 is 17.5 Å². The van der Waals surface area contributed by atoms with Crippen molar-refractivity contribution in [1.29, 1.82) is 0 Å². The van der Waals surface area contributed by atoms with Crippen LogP contribution in [0.15, 0.2) is 24.3 Å². The van der Waals surface area contributed by atoms with E-state index in [2.05, 4.69) is 5.32 Å². The van der Waals surface area contributed by atoms with Gasteiger partial charge >= 0.3 is 0 Å². The molecule has 0 saturated heterocycles. The Kier molecular flexibility index (Phi) is 7.52. The second-order valence-corrected chi connectivity index (χ2v) is 7.03. The van der Waals surface area contributed by atoms with Crippen molar-refractivity contribution in [2.45, 2.75) is 50.6 Å². The molecule has 0 aliphatic heterocycles. The molecule has 3 atom stereocenters. The minimum atomic E-state index is -0.520.